The van der Waals surface area contributed by atoms with Crippen molar-refractivity contribution in [3.05, 3.63) is 88.6 Å². The summed E-state index contributed by atoms with van der Waals surface area (Å²) < 4.78 is 41.6. The Balaban J connectivity index is 1.61. The summed E-state index contributed by atoms with van der Waals surface area (Å²) in [6.45, 7) is 5.01. The summed E-state index contributed by atoms with van der Waals surface area (Å²) in [4.78, 5) is 43.7. The molecule has 0 radical (unpaired) electrons. The molecule has 2 heterocycles. The Morgan fingerprint density at radius 3 is 2.42 bits per heavy atom. The first-order valence-electron chi connectivity index (χ1n) is 12.6. The molecular weight excluding hydrogens is 525 g/mol. The summed E-state index contributed by atoms with van der Waals surface area (Å²) in [5, 5.41) is 9.79. The van der Waals surface area contributed by atoms with Crippen LogP contribution in [0.1, 0.15) is 42.8 Å². The number of benzene rings is 2. The number of alkyl halides is 3. The average Bonchev–Trinajstić information content (AvgIpc) is 3.68. The number of nitrogens with one attached hydrogen (secondary N) is 2. The van der Waals surface area contributed by atoms with Gasteiger partial charge in [-0.05, 0) is 55.7 Å². The lowest BCUT2D eigenvalue weighted by atomic mass is 10.0. The van der Waals surface area contributed by atoms with Gasteiger partial charge < -0.3 is 15.2 Å². The molecule has 2 aromatic heterocycles. The molecule has 2 amide bonds. The van der Waals surface area contributed by atoms with Crippen molar-refractivity contribution in [2.24, 2.45) is 0 Å². The summed E-state index contributed by atoms with van der Waals surface area (Å²) >= 11 is 0. The maximum absolute atomic E-state index is 13.8. The molecule has 40 heavy (non-hydrogen) atoms. The molecule has 0 spiro atoms. The van der Waals surface area contributed by atoms with Crippen LogP contribution in [0.5, 0.6) is 0 Å². The van der Waals surface area contributed by atoms with Crippen LogP contribution in [0.2, 0.25) is 0 Å². The number of carbonyl (C=O) groups is 2. The van der Waals surface area contributed by atoms with E-state index in [0.717, 1.165) is 31.1 Å². The molecule has 9 nitrogen and oxygen atoms in total. The van der Waals surface area contributed by atoms with E-state index in [9.17, 15) is 27.6 Å². The van der Waals surface area contributed by atoms with Gasteiger partial charge in [0.2, 0.25) is 17.6 Å². The van der Waals surface area contributed by atoms with Crippen LogP contribution < -0.4 is 16.2 Å². The number of aromatic nitrogens is 4. The number of amides is 2. The van der Waals surface area contributed by atoms with Gasteiger partial charge in [-0.1, -0.05) is 31.7 Å². The number of hydrogen-bond donors (Lipinski definition) is 2. The quantitative estimate of drug-likeness (QED) is 0.307. The maximum Gasteiger partial charge on any atom is 0.416 e. The number of halogens is 3. The fraction of sp³-hybridized carbons (Fsp3) is 0.250. The maximum atomic E-state index is 13.8. The minimum absolute atomic E-state index is 0.126. The lowest BCUT2D eigenvalue weighted by Gasteiger charge is -2.19. The summed E-state index contributed by atoms with van der Waals surface area (Å²) in [5.41, 5.74) is 0.434. The average molecular weight is 551 g/mol. The molecule has 4 aromatic rings. The monoisotopic (exact) mass is 550 g/mol. The van der Waals surface area contributed by atoms with Crippen molar-refractivity contribution in [2.45, 2.75) is 44.8 Å². The van der Waals surface area contributed by atoms with Gasteiger partial charge in [0.05, 0.1) is 11.1 Å². The van der Waals surface area contributed by atoms with Gasteiger partial charge in [0, 0.05) is 28.6 Å². The summed E-state index contributed by atoms with van der Waals surface area (Å²) in [6.07, 6.45) is -1.27. The first-order valence-corrected chi connectivity index (χ1v) is 12.6. The van der Waals surface area contributed by atoms with Gasteiger partial charge in [0.15, 0.2) is 5.82 Å². The van der Waals surface area contributed by atoms with Gasteiger partial charge >= 0.3 is 6.18 Å². The van der Waals surface area contributed by atoms with Gasteiger partial charge in [0.25, 0.3) is 5.56 Å². The first-order chi connectivity index (χ1) is 19.1. The van der Waals surface area contributed by atoms with Crippen LogP contribution in [0, 0.1) is 0 Å². The molecule has 5 rings (SSSR count). The summed E-state index contributed by atoms with van der Waals surface area (Å²) in [7, 11) is 0. The summed E-state index contributed by atoms with van der Waals surface area (Å²) in [5.74, 6) is -0.180. The Kier molecular flexibility index (Phi) is 7.01. The molecule has 1 aliphatic rings. The fourth-order valence-electron chi connectivity index (χ4n) is 4.51. The zero-order chi connectivity index (χ0) is 28.6. The molecule has 1 aliphatic carbocycles. The number of nitrogens with zero attached hydrogens (tertiary/aromatic N) is 4. The third kappa shape index (κ3) is 5.24. The van der Waals surface area contributed by atoms with Crippen molar-refractivity contribution in [1.29, 1.82) is 0 Å². The van der Waals surface area contributed by atoms with Crippen LogP contribution in [0.3, 0.4) is 0 Å². The Hall–Kier alpha value is -4.74. The van der Waals surface area contributed by atoms with Gasteiger partial charge in [-0.25, -0.2) is 0 Å². The van der Waals surface area contributed by atoms with Crippen LogP contribution >= 0.6 is 0 Å². The normalized spacial score (nSPS) is 13.3. The minimum atomic E-state index is -4.50. The van der Waals surface area contributed by atoms with E-state index in [4.69, 9.17) is 0 Å². The molecular formula is C28H25F3N6O3. The van der Waals surface area contributed by atoms with Crippen molar-refractivity contribution in [2.75, 3.05) is 10.6 Å². The fourth-order valence-corrected chi connectivity index (χ4v) is 4.51. The van der Waals surface area contributed by atoms with Crippen LogP contribution in [0.25, 0.3) is 16.9 Å². The Morgan fingerprint density at radius 2 is 1.80 bits per heavy atom. The highest BCUT2D eigenvalue weighted by atomic mass is 19.4. The van der Waals surface area contributed by atoms with Crippen molar-refractivity contribution >= 4 is 29.0 Å². The zero-order valence-electron chi connectivity index (χ0n) is 21.5. The smallest absolute Gasteiger partial charge is 0.325 e. The van der Waals surface area contributed by atoms with Gasteiger partial charge in [0.1, 0.15) is 6.54 Å². The molecule has 0 bridgehead atoms. The number of anilines is 2. The number of rotatable bonds is 8. The van der Waals surface area contributed by atoms with E-state index in [2.05, 4.69) is 27.3 Å². The highest BCUT2D eigenvalue weighted by Gasteiger charge is 2.31. The molecule has 2 aromatic carbocycles. The molecule has 0 unspecified atom stereocenters. The third-order valence-corrected chi connectivity index (χ3v) is 6.58. The van der Waals surface area contributed by atoms with E-state index in [1.807, 2.05) is 6.92 Å². The molecule has 12 heteroatoms. The molecule has 0 saturated heterocycles. The molecule has 0 atom stereocenters. The van der Waals surface area contributed by atoms with Crippen molar-refractivity contribution in [1.82, 2.24) is 19.2 Å². The Labute approximate surface area is 226 Å². The standard InChI is InChI=1S/C28H25F3N6O3/c1-3-21-24(19-7-5-6-8-20(19)33-22(38)4-2)26(40)37-27(34-25(35-37)16-9-10-16)36(21)15-23(39)32-18-13-11-17(12-14-18)28(29,30)31/h4-8,11-14,16H,2-3,9-10,15H2,1H3,(H,32,39)(H,33,38). The predicted octanol–water partition coefficient (Wildman–Crippen LogP) is 4.78. The number of para-hydroxylation sites is 1. The predicted molar refractivity (Wildman–Crippen MR) is 143 cm³/mol. The second-order valence-corrected chi connectivity index (χ2v) is 9.38. The van der Waals surface area contributed by atoms with E-state index in [0.29, 0.717) is 29.2 Å². The molecule has 1 saturated carbocycles. The highest BCUT2D eigenvalue weighted by molar-refractivity contribution is 6.02. The van der Waals surface area contributed by atoms with Crippen LogP contribution in [0.15, 0.2) is 66.0 Å². The molecule has 206 valence electrons. The number of hydrogen-bond acceptors (Lipinski definition) is 5. The summed E-state index contributed by atoms with van der Waals surface area (Å²) in [6, 6.07) is 10.9. The van der Waals surface area contributed by atoms with Gasteiger partial charge in [-0.15, -0.1) is 5.10 Å². The molecule has 0 aliphatic heterocycles. The minimum Gasteiger partial charge on any atom is -0.325 e. The Morgan fingerprint density at radius 1 is 1.10 bits per heavy atom. The van der Waals surface area contributed by atoms with Gasteiger partial charge in [-0.3, -0.25) is 14.4 Å². The van der Waals surface area contributed by atoms with E-state index in [1.54, 1.807) is 28.8 Å². The second kappa shape index (κ2) is 10.4. The van der Waals surface area contributed by atoms with Crippen molar-refractivity contribution in [3.63, 3.8) is 0 Å². The lowest BCUT2D eigenvalue weighted by molar-refractivity contribution is -0.137. The lowest BCUT2D eigenvalue weighted by Crippen LogP contribution is -2.29. The van der Waals surface area contributed by atoms with Crippen molar-refractivity contribution < 1.29 is 22.8 Å². The molecule has 2 N–H and O–H groups in total. The van der Waals surface area contributed by atoms with E-state index in [1.165, 1.54) is 16.6 Å². The topological polar surface area (TPSA) is 110 Å². The van der Waals surface area contributed by atoms with Crippen LogP contribution in [0.4, 0.5) is 24.5 Å². The zero-order valence-corrected chi connectivity index (χ0v) is 21.5. The first kappa shape index (κ1) is 26.9. The van der Waals surface area contributed by atoms with Crippen molar-refractivity contribution in [3.8, 4) is 11.1 Å². The largest absolute Gasteiger partial charge is 0.416 e. The third-order valence-electron chi connectivity index (χ3n) is 6.58. The Bertz CT molecular complexity index is 1680. The SMILES string of the molecule is C=CC(=O)Nc1ccccc1-c1c(CC)n(CC(=O)Nc2ccc(C(F)(F)F)cc2)c2nc(C3CC3)nn2c1=O. The van der Waals surface area contributed by atoms with Crippen LogP contribution in [-0.4, -0.2) is 31.0 Å². The highest BCUT2D eigenvalue weighted by Crippen LogP contribution is 2.38. The second-order valence-electron chi connectivity index (χ2n) is 9.38. The molecule has 1 fully saturated rings. The van der Waals surface area contributed by atoms with E-state index in [-0.39, 0.29) is 29.5 Å². The van der Waals surface area contributed by atoms with Gasteiger partial charge in [-0.2, -0.15) is 22.7 Å². The number of fused-ring (bicyclic) bond motifs is 1. The number of carbonyl (C=O) groups excluding carboxylic acids is 2. The van der Waals surface area contributed by atoms with E-state index < -0.39 is 29.1 Å². The van der Waals surface area contributed by atoms with Crippen LogP contribution in [-0.2, 0) is 28.7 Å². The van der Waals surface area contributed by atoms with E-state index >= 15 is 0 Å².